The quantitative estimate of drug-likeness (QED) is 0.809. The van der Waals surface area contributed by atoms with Gasteiger partial charge < -0.3 is 15.0 Å². The molecule has 0 radical (unpaired) electrons. The van der Waals surface area contributed by atoms with Crippen LogP contribution in [0.5, 0.6) is 5.75 Å². The number of ether oxygens (including phenoxy) is 1. The Kier molecular flexibility index (Phi) is 5.87. The molecule has 110 valence electrons. The number of carbonyl (C=O) groups excluding carboxylic acids is 1. The second-order valence-electron chi connectivity index (χ2n) is 5.23. The third kappa shape index (κ3) is 4.53. The van der Waals surface area contributed by atoms with E-state index in [-0.39, 0.29) is 5.91 Å². The van der Waals surface area contributed by atoms with Crippen molar-refractivity contribution in [3.63, 3.8) is 0 Å². The molecule has 1 amide bonds. The van der Waals surface area contributed by atoms with E-state index >= 15 is 0 Å². The third-order valence-corrected chi connectivity index (χ3v) is 3.73. The van der Waals surface area contributed by atoms with E-state index in [0.29, 0.717) is 19.1 Å². The number of likely N-dealkylation sites (N-methyl/N-ethyl adjacent to an activating group) is 1. The average molecular weight is 276 g/mol. The third-order valence-electron chi connectivity index (χ3n) is 3.73. The fraction of sp³-hybridized carbons (Fsp3) is 0.562. The van der Waals surface area contributed by atoms with Gasteiger partial charge in [0.2, 0.25) is 5.91 Å². The summed E-state index contributed by atoms with van der Waals surface area (Å²) in [6.45, 7) is 2.34. The number of hydrogen-bond donors (Lipinski definition) is 1. The Morgan fingerprint density at radius 2 is 2.20 bits per heavy atom. The van der Waals surface area contributed by atoms with E-state index in [2.05, 4.69) is 5.32 Å². The number of nitrogens with zero attached hydrogens (tertiary/aromatic N) is 1. The monoisotopic (exact) mass is 276 g/mol. The van der Waals surface area contributed by atoms with Crippen molar-refractivity contribution in [3.05, 3.63) is 30.3 Å². The van der Waals surface area contributed by atoms with Gasteiger partial charge in [0.15, 0.2) is 0 Å². The lowest BCUT2D eigenvalue weighted by Crippen LogP contribution is -2.46. The van der Waals surface area contributed by atoms with E-state index in [1.54, 1.807) is 0 Å². The molecule has 4 heteroatoms. The fourth-order valence-corrected chi connectivity index (χ4v) is 2.53. The zero-order valence-electron chi connectivity index (χ0n) is 12.2. The molecule has 0 bridgehead atoms. The van der Waals surface area contributed by atoms with Crippen LogP contribution in [0.15, 0.2) is 30.3 Å². The molecule has 1 heterocycles. The van der Waals surface area contributed by atoms with Gasteiger partial charge in [-0.1, -0.05) is 18.2 Å². The molecule has 0 aromatic heterocycles. The maximum Gasteiger partial charge on any atom is 0.222 e. The van der Waals surface area contributed by atoms with Gasteiger partial charge in [0, 0.05) is 25.6 Å². The smallest absolute Gasteiger partial charge is 0.222 e. The number of para-hydroxylation sites is 1. The van der Waals surface area contributed by atoms with Gasteiger partial charge in [-0.25, -0.2) is 0 Å². The van der Waals surface area contributed by atoms with Gasteiger partial charge in [-0.3, -0.25) is 4.79 Å². The Hall–Kier alpha value is -1.55. The van der Waals surface area contributed by atoms with Crippen LogP contribution in [-0.2, 0) is 4.79 Å². The molecule has 1 atom stereocenters. The van der Waals surface area contributed by atoms with E-state index in [0.717, 1.165) is 38.1 Å². The normalized spacial score (nSPS) is 18.9. The summed E-state index contributed by atoms with van der Waals surface area (Å²) in [7, 11) is 1.96. The highest BCUT2D eigenvalue weighted by Crippen LogP contribution is 2.12. The predicted octanol–water partition coefficient (Wildman–Crippen LogP) is 2.06. The average Bonchev–Trinajstić information content (AvgIpc) is 2.52. The van der Waals surface area contributed by atoms with Crippen molar-refractivity contribution in [1.82, 2.24) is 10.2 Å². The number of likely N-dealkylation sites (tertiary alicyclic amines) is 1. The summed E-state index contributed by atoms with van der Waals surface area (Å²) < 4.78 is 5.60. The molecule has 1 unspecified atom stereocenters. The number of benzene rings is 1. The fourth-order valence-electron chi connectivity index (χ4n) is 2.53. The zero-order valence-corrected chi connectivity index (χ0v) is 12.2. The van der Waals surface area contributed by atoms with Crippen LogP contribution in [0.2, 0.25) is 0 Å². The minimum Gasteiger partial charge on any atom is -0.494 e. The summed E-state index contributed by atoms with van der Waals surface area (Å²) >= 11 is 0. The minimum absolute atomic E-state index is 0.251. The van der Waals surface area contributed by atoms with Gasteiger partial charge >= 0.3 is 0 Å². The van der Waals surface area contributed by atoms with Gasteiger partial charge in [0.05, 0.1) is 6.61 Å². The van der Waals surface area contributed by atoms with Gasteiger partial charge in [0.25, 0.3) is 0 Å². The highest BCUT2D eigenvalue weighted by molar-refractivity contribution is 5.76. The molecule has 1 saturated heterocycles. The molecule has 0 saturated carbocycles. The van der Waals surface area contributed by atoms with Crippen LogP contribution in [0.3, 0.4) is 0 Å². The minimum atomic E-state index is 0.251. The number of amides is 1. The summed E-state index contributed by atoms with van der Waals surface area (Å²) in [5.74, 6) is 1.12. The van der Waals surface area contributed by atoms with Gasteiger partial charge in [-0.05, 0) is 38.4 Å². The van der Waals surface area contributed by atoms with Gasteiger partial charge in [0.1, 0.15) is 5.75 Å². The van der Waals surface area contributed by atoms with Crippen molar-refractivity contribution in [2.45, 2.75) is 31.7 Å². The summed E-state index contributed by atoms with van der Waals surface area (Å²) in [5, 5.41) is 3.26. The van der Waals surface area contributed by atoms with E-state index in [9.17, 15) is 4.79 Å². The maximum atomic E-state index is 12.1. The van der Waals surface area contributed by atoms with Gasteiger partial charge in [-0.2, -0.15) is 0 Å². The SMILES string of the molecule is CNC1CCCN(C(=O)CCCOc2ccccc2)C1. The summed E-state index contributed by atoms with van der Waals surface area (Å²) in [4.78, 5) is 14.1. The molecule has 1 aromatic carbocycles. The highest BCUT2D eigenvalue weighted by atomic mass is 16.5. The van der Waals surface area contributed by atoms with Crippen LogP contribution in [0.4, 0.5) is 0 Å². The first-order valence-corrected chi connectivity index (χ1v) is 7.42. The summed E-state index contributed by atoms with van der Waals surface area (Å²) in [5.41, 5.74) is 0. The number of nitrogens with one attached hydrogen (secondary N) is 1. The standard InChI is InChI=1S/C16H24N2O2/c1-17-14-7-5-11-18(13-14)16(19)10-6-12-20-15-8-3-2-4-9-15/h2-4,8-9,14,17H,5-7,10-13H2,1H3. The predicted molar refractivity (Wildman–Crippen MR) is 79.8 cm³/mol. The summed E-state index contributed by atoms with van der Waals surface area (Å²) in [6, 6.07) is 10.2. The van der Waals surface area contributed by atoms with Gasteiger partial charge in [-0.15, -0.1) is 0 Å². The van der Waals surface area contributed by atoms with Crippen LogP contribution >= 0.6 is 0 Å². The van der Waals surface area contributed by atoms with Crippen molar-refractivity contribution in [2.24, 2.45) is 0 Å². The first kappa shape index (κ1) is 14.9. The lowest BCUT2D eigenvalue weighted by molar-refractivity contribution is -0.132. The maximum absolute atomic E-state index is 12.1. The molecule has 1 N–H and O–H groups in total. The Morgan fingerprint density at radius 3 is 2.95 bits per heavy atom. The molecule has 1 fully saturated rings. The van der Waals surface area contributed by atoms with Crippen LogP contribution in [-0.4, -0.2) is 43.6 Å². The van der Waals surface area contributed by atoms with Crippen molar-refractivity contribution >= 4 is 5.91 Å². The zero-order chi connectivity index (χ0) is 14.2. The molecule has 1 aromatic rings. The van der Waals surface area contributed by atoms with Crippen molar-refractivity contribution in [3.8, 4) is 5.75 Å². The number of hydrogen-bond acceptors (Lipinski definition) is 3. The van der Waals surface area contributed by atoms with Crippen LogP contribution in [0.1, 0.15) is 25.7 Å². The number of piperidine rings is 1. The number of carbonyl (C=O) groups is 1. The summed E-state index contributed by atoms with van der Waals surface area (Å²) in [6.07, 6.45) is 3.60. The van der Waals surface area contributed by atoms with Crippen LogP contribution in [0, 0.1) is 0 Å². The highest BCUT2D eigenvalue weighted by Gasteiger charge is 2.21. The van der Waals surface area contributed by atoms with E-state index < -0.39 is 0 Å². The second-order valence-corrected chi connectivity index (χ2v) is 5.23. The van der Waals surface area contributed by atoms with Crippen LogP contribution < -0.4 is 10.1 Å². The van der Waals surface area contributed by atoms with E-state index in [4.69, 9.17) is 4.74 Å². The number of rotatable bonds is 6. The molecule has 2 rings (SSSR count). The second kappa shape index (κ2) is 7.90. The molecule has 1 aliphatic rings. The topological polar surface area (TPSA) is 41.6 Å². The van der Waals surface area contributed by atoms with Crippen molar-refractivity contribution in [1.29, 1.82) is 0 Å². The molecular weight excluding hydrogens is 252 g/mol. The van der Waals surface area contributed by atoms with Crippen molar-refractivity contribution in [2.75, 3.05) is 26.7 Å². The Bertz CT molecular complexity index is 408. The Balaban J connectivity index is 1.65. The lowest BCUT2D eigenvalue weighted by atomic mass is 10.1. The first-order chi connectivity index (χ1) is 9.79. The molecule has 1 aliphatic heterocycles. The van der Waals surface area contributed by atoms with Crippen molar-refractivity contribution < 1.29 is 9.53 Å². The Morgan fingerprint density at radius 1 is 1.40 bits per heavy atom. The lowest BCUT2D eigenvalue weighted by Gasteiger charge is -2.32. The van der Waals surface area contributed by atoms with E-state index in [1.165, 1.54) is 0 Å². The molecular formula is C16H24N2O2. The first-order valence-electron chi connectivity index (χ1n) is 7.42. The largest absolute Gasteiger partial charge is 0.494 e. The molecule has 0 spiro atoms. The molecule has 0 aliphatic carbocycles. The van der Waals surface area contributed by atoms with E-state index in [1.807, 2.05) is 42.3 Å². The van der Waals surface area contributed by atoms with Crippen LogP contribution in [0.25, 0.3) is 0 Å². The Labute approximate surface area is 121 Å². The molecule has 4 nitrogen and oxygen atoms in total. The molecule has 20 heavy (non-hydrogen) atoms.